The van der Waals surface area contributed by atoms with Crippen molar-refractivity contribution in [3.63, 3.8) is 0 Å². The minimum atomic E-state index is 0.514. The van der Waals surface area contributed by atoms with Crippen LogP contribution in [0.5, 0.6) is 0 Å². The quantitative estimate of drug-likeness (QED) is 0.787. The summed E-state index contributed by atoms with van der Waals surface area (Å²) in [6.45, 7) is 9.96. The van der Waals surface area contributed by atoms with Crippen LogP contribution < -0.4 is 5.32 Å². The van der Waals surface area contributed by atoms with Crippen LogP contribution in [0.25, 0.3) is 0 Å². The minimum Gasteiger partial charge on any atom is -0.309 e. The molecule has 1 nitrogen and oxygen atoms in total. The smallest absolute Gasteiger partial charge is 0.0426 e. The molecule has 0 radical (unpaired) electrons. The molecule has 0 aliphatic carbocycles. The van der Waals surface area contributed by atoms with Gasteiger partial charge in [-0.1, -0.05) is 20.8 Å². The largest absolute Gasteiger partial charge is 0.309 e. The van der Waals surface area contributed by atoms with Crippen molar-refractivity contribution in [2.75, 3.05) is 6.54 Å². The van der Waals surface area contributed by atoms with Gasteiger partial charge in [0.05, 0.1) is 0 Å². The van der Waals surface area contributed by atoms with Gasteiger partial charge in [-0.15, -0.1) is 11.3 Å². The summed E-state index contributed by atoms with van der Waals surface area (Å²) >= 11 is 5.57. The molecule has 92 valence electrons. The molecule has 16 heavy (non-hydrogen) atoms. The van der Waals surface area contributed by atoms with E-state index >= 15 is 0 Å². The highest BCUT2D eigenvalue weighted by Gasteiger charge is 2.16. The zero-order chi connectivity index (χ0) is 12.1. The molecule has 1 N–H and O–H groups in total. The summed E-state index contributed by atoms with van der Waals surface area (Å²) < 4.78 is 1.27. The fourth-order valence-corrected chi connectivity index (χ4v) is 3.85. The van der Waals surface area contributed by atoms with Crippen molar-refractivity contribution in [3.8, 4) is 0 Å². The van der Waals surface area contributed by atoms with Gasteiger partial charge in [0, 0.05) is 20.3 Å². The molecule has 0 aromatic carbocycles. The molecule has 0 spiro atoms. The third-order valence-electron chi connectivity index (χ3n) is 2.64. The van der Waals surface area contributed by atoms with E-state index in [2.05, 4.69) is 55.0 Å². The Hall–Kier alpha value is 0.140. The van der Waals surface area contributed by atoms with Crippen LogP contribution in [0.2, 0.25) is 0 Å². The number of thiophene rings is 1. The van der Waals surface area contributed by atoms with Gasteiger partial charge in [-0.25, -0.2) is 0 Å². The second-order valence-electron chi connectivity index (χ2n) is 4.65. The summed E-state index contributed by atoms with van der Waals surface area (Å²) in [5.41, 5.74) is 0. The zero-order valence-corrected chi connectivity index (χ0v) is 13.0. The molecular formula is C13H22BrNS. The molecule has 0 aliphatic rings. The third kappa shape index (κ3) is 4.19. The average Bonchev–Trinajstić information content (AvgIpc) is 2.52. The molecule has 1 aromatic rings. The highest BCUT2D eigenvalue weighted by atomic mass is 79.9. The lowest BCUT2D eigenvalue weighted by molar-refractivity contribution is 0.452. The normalized spacial score (nSPS) is 13.4. The molecule has 0 saturated carbocycles. The Bertz CT molecular complexity index is 320. The summed E-state index contributed by atoms with van der Waals surface area (Å²) in [6, 6.07) is 2.74. The van der Waals surface area contributed by atoms with E-state index in [0.29, 0.717) is 6.04 Å². The summed E-state index contributed by atoms with van der Waals surface area (Å²) in [7, 11) is 0. The molecule has 1 unspecified atom stereocenters. The highest BCUT2D eigenvalue weighted by Crippen LogP contribution is 2.34. The van der Waals surface area contributed by atoms with Crippen molar-refractivity contribution >= 4 is 27.3 Å². The maximum atomic E-state index is 3.67. The Morgan fingerprint density at radius 1 is 1.38 bits per heavy atom. The summed E-state index contributed by atoms with van der Waals surface area (Å²) in [5.74, 6) is 0.779. The lowest BCUT2D eigenvalue weighted by Gasteiger charge is -2.18. The van der Waals surface area contributed by atoms with E-state index in [1.807, 2.05) is 11.3 Å². The fourth-order valence-electron chi connectivity index (χ4n) is 1.81. The Labute approximate surface area is 112 Å². The van der Waals surface area contributed by atoms with E-state index in [4.69, 9.17) is 0 Å². The van der Waals surface area contributed by atoms with Gasteiger partial charge in [0.1, 0.15) is 0 Å². The Morgan fingerprint density at radius 2 is 2.06 bits per heavy atom. The molecule has 1 heterocycles. The molecule has 1 rings (SSSR count). The predicted octanol–water partition coefficient (Wildman–Crippen LogP) is 4.91. The fraction of sp³-hybridized carbons (Fsp3) is 0.692. The molecule has 0 amide bonds. The third-order valence-corrected chi connectivity index (χ3v) is 4.72. The molecule has 3 heteroatoms. The second-order valence-corrected chi connectivity index (χ2v) is 6.79. The molecule has 1 atom stereocenters. The van der Waals surface area contributed by atoms with Gasteiger partial charge in [0.2, 0.25) is 0 Å². The number of aryl methyl sites for hydroxylation is 1. The molecule has 0 bridgehead atoms. The number of rotatable bonds is 6. The van der Waals surface area contributed by atoms with Crippen LogP contribution in [0.1, 0.15) is 49.4 Å². The number of hydrogen-bond acceptors (Lipinski definition) is 2. The van der Waals surface area contributed by atoms with Crippen LogP contribution in [0, 0.1) is 12.8 Å². The lowest BCUT2D eigenvalue weighted by Crippen LogP contribution is -2.20. The number of halogens is 1. The lowest BCUT2D eigenvalue weighted by atomic mass is 10.0. The average molecular weight is 304 g/mol. The Kier molecular flexibility index (Phi) is 6.01. The van der Waals surface area contributed by atoms with Crippen molar-refractivity contribution in [2.45, 2.75) is 46.6 Å². The van der Waals surface area contributed by atoms with Crippen LogP contribution >= 0.6 is 27.3 Å². The summed E-state index contributed by atoms with van der Waals surface area (Å²) in [6.07, 6.45) is 2.51. The summed E-state index contributed by atoms with van der Waals surface area (Å²) in [5, 5.41) is 3.59. The van der Waals surface area contributed by atoms with Gasteiger partial charge in [0.15, 0.2) is 0 Å². The molecule has 1 aromatic heterocycles. The Balaban J connectivity index is 2.72. The van der Waals surface area contributed by atoms with E-state index in [0.717, 1.165) is 12.5 Å². The topological polar surface area (TPSA) is 12.0 Å². The van der Waals surface area contributed by atoms with Crippen molar-refractivity contribution in [1.82, 2.24) is 5.32 Å². The maximum absolute atomic E-state index is 3.67. The highest BCUT2D eigenvalue weighted by molar-refractivity contribution is 9.10. The minimum absolute atomic E-state index is 0.514. The second kappa shape index (κ2) is 6.77. The molecule has 0 aliphatic heterocycles. The number of nitrogens with one attached hydrogen (secondary N) is 1. The van der Waals surface area contributed by atoms with E-state index in [1.165, 1.54) is 27.1 Å². The van der Waals surface area contributed by atoms with E-state index < -0.39 is 0 Å². The van der Waals surface area contributed by atoms with Gasteiger partial charge in [-0.2, -0.15) is 0 Å². The van der Waals surface area contributed by atoms with E-state index in [-0.39, 0.29) is 0 Å². The molecule has 0 fully saturated rings. The number of hydrogen-bond donors (Lipinski definition) is 1. The van der Waals surface area contributed by atoms with E-state index in [9.17, 15) is 0 Å². The van der Waals surface area contributed by atoms with Crippen molar-refractivity contribution in [1.29, 1.82) is 0 Å². The first kappa shape index (κ1) is 14.2. The van der Waals surface area contributed by atoms with Crippen molar-refractivity contribution < 1.29 is 0 Å². The van der Waals surface area contributed by atoms with Crippen molar-refractivity contribution in [2.24, 2.45) is 5.92 Å². The van der Waals surface area contributed by atoms with Crippen LogP contribution in [-0.2, 0) is 0 Å². The monoisotopic (exact) mass is 303 g/mol. The van der Waals surface area contributed by atoms with Gasteiger partial charge in [0.25, 0.3) is 0 Å². The van der Waals surface area contributed by atoms with Crippen LogP contribution in [0.3, 0.4) is 0 Å². The van der Waals surface area contributed by atoms with Crippen LogP contribution in [0.15, 0.2) is 10.5 Å². The van der Waals surface area contributed by atoms with Gasteiger partial charge in [-0.3, -0.25) is 0 Å². The predicted molar refractivity (Wildman–Crippen MR) is 77.2 cm³/mol. The van der Waals surface area contributed by atoms with Gasteiger partial charge in [-0.05, 0) is 54.2 Å². The first-order valence-corrected chi connectivity index (χ1v) is 7.64. The first-order valence-electron chi connectivity index (χ1n) is 6.03. The van der Waals surface area contributed by atoms with Crippen molar-refractivity contribution in [3.05, 3.63) is 20.3 Å². The molecular weight excluding hydrogens is 282 g/mol. The Morgan fingerprint density at radius 3 is 2.50 bits per heavy atom. The maximum Gasteiger partial charge on any atom is 0.0426 e. The van der Waals surface area contributed by atoms with Crippen LogP contribution in [0.4, 0.5) is 0 Å². The van der Waals surface area contributed by atoms with Gasteiger partial charge < -0.3 is 5.32 Å². The first-order chi connectivity index (χ1) is 7.54. The van der Waals surface area contributed by atoms with E-state index in [1.54, 1.807) is 0 Å². The standard InChI is InChI=1S/C13H22BrNS/c1-5-15-12(7-6-9(2)3)13-11(14)8-10(4)16-13/h8-9,12,15H,5-7H2,1-4H3. The molecule has 0 saturated heterocycles. The van der Waals surface area contributed by atoms with Crippen LogP contribution in [-0.4, -0.2) is 6.54 Å². The zero-order valence-electron chi connectivity index (χ0n) is 10.6. The van der Waals surface area contributed by atoms with Gasteiger partial charge >= 0.3 is 0 Å². The SMILES string of the molecule is CCNC(CCC(C)C)c1sc(C)cc1Br. The summed E-state index contributed by atoms with van der Waals surface area (Å²) in [4.78, 5) is 2.84.